The molecule has 1 aromatic rings. The van der Waals surface area contributed by atoms with Crippen LogP contribution in [-0.4, -0.2) is 12.4 Å². The van der Waals surface area contributed by atoms with E-state index in [0.29, 0.717) is 17.8 Å². The van der Waals surface area contributed by atoms with E-state index in [2.05, 4.69) is 19.7 Å². The van der Waals surface area contributed by atoms with Gasteiger partial charge in [0.15, 0.2) is 5.78 Å². The summed E-state index contributed by atoms with van der Waals surface area (Å²) in [7, 11) is 0. The molecule has 0 amide bonds. The van der Waals surface area contributed by atoms with Gasteiger partial charge in [-0.3, -0.25) is 4.79 Å². The van der Waals surface area contributed by atoms with Crippen molar-refractivity contribution < 1.29 is 9.53 Å². The van der Waals surface area contributed by atoms with Crippen molar-refractivity contribution in [3.8, 4) is 0 Å². The Balaban J connectivity index is 3.14. The van der Waals surface area contributed by atoms with Crippen molar-refractivity contribution in [2.24, 2.45) is 0 Å². The number of benzene rings is 1. The summed E-state index contributed by atoms with van der Waals surface area (Å²) in [5.74, 6) is -0.295. The van der Waals surface area contributed by atoms with Crippen molar-refractivity contribution in [1.82, 2.24) is 0 Å². The molecule has 1 rings (SSSR count). The van der Waals surface area contributed by atoms with Crippen LogP contribution < -0.4 is 0 Å². The third kappa shape index (κ3) is 4.74. The van der Waals surface area contributed by atoms with Crippen molar-refractivity contribution in [2.45, 2.75) is 12.8 Å². The summed E-state index contributed by atoms with van der Waals surface area (Å²) >= 11 is 0. The number of allylic oxidation sites excluding steroid dienone is 5. The van der Waals surface area contributed by atoms with Gasteiger partial charge in [0.25, 0.3) is 0 Å². The van der Waals surface area contributed by atoms with Gasteiger partial charge in [-0.2, -0.15) is 0 Å². The summed E-state index contributed by atoms with van der Waals surface area (Å²) < 4.78 is 5.36. The second-order valence-electron chi connectivity index (χ2n) is 4.71. The topological polar surface area (TPSA) is 26.3 Å². The fourth-order valence-corrected chi connectivity index (χ4v) is 1.99. The molecule has 0 aliphatic rings. The minimum Gasteiger partial charge on any atom is -0.496 e. The predicted molar refractivity (Wildman–Crippen MR) is 92.6 cm³/mol. The molecule has 0 saturated heterocycles. The smallest absolute Gasteiger partial charge is 0.173 e. The summed E-state index contributed by atoms with van der Waals surface area (Å²) in [6.07, 6.45) is 8.09. The molecule has 0 aliphatic heterocycles. The van der Waals surface area contributed by atoms with Gasteiger partial charge in [0, 0.05) is 5.92 Å². The molecule has 0 heterocycles. The zero-order valence-corrected chi connectivity index (χ0v) is 13.0. The van der Waals surface area contributed by atoms with Crippen molar-refractivity contribution >= 4 is 5.78 Å². The second kappa shape index (κ2) is 9.35. The molecular weight excluding hydrogens is 272 g/mol. The van der Waals surface area contributed by atoms with Gasteiger partial charge in [-0.05, 0) is 11.1 Å². The van der Waals surface area contributed by atoms with Crippen LogP contribution in [0.15, 0.2) is 91.8 Å². The lowest BCUT2D eigenvalue weighted by Crippen LogP contribution is -2.13. The van der Waals surface area contributed by atoms with Crippen LogP contribution in [0.3, 0.4) is 0 Å². The summed E-state index contributed by atoms with van der Waals surface area (Å²) in [5.41, 5.74) is 2.13. The van der Waals surface area contributed by atoms with Gasteiger partial charge in [0.2, 0.25) is 0 Å². The van der Waals surface area contributed by atoms with Crippen molar-refractivity contribution in [2.75, 3.05) is 6.61 Å². The van der Waals surface area contributed by atoms with Crippen molar-refractivity contribution in [3.05, 3.63) is 97.3 Å². The first-order valence-electron chi connectivity index (χ1n) is 7.13. The molecule has 0 radical (unpaired) electrons. The minimum absolute atomic E-state index is 0.0248. The Labute approximate surface area is 132 Å². The van der Waals surface area contributed by atoms with E-state index < -0.39 is 0 Å². The van der Waals surface area contributed by atoms with Gasteiger partial charge in [-0.25, -0.2) is 0 Å². The van der Waals surface area contributed by atoms with Gasteiger partial charge in [0.1, 0.15) is 6.61 Å². The fourth-order valence-electron chi connectivity index (χ4n) is 1.99. The number of hydrogen-bond donors (Lipinski definition) is 0. The molecule has 0 N–H and O–H groups in total. The lowest BCUT2D eigenvalue weighted by atomic mass is 9.89. The van der Waals surface area contributed by atoms with E-state index in [0.717, 1.165) is 5.56 Å². The summed E-state index contributed by atoms with van der Waals surface area (Å²) in [6.45, 7) is 13.2. The van der Waals surface area contributed by atoms with E-state index >= 15 is 0 Å². The van der Waals surface area contributed by atoms with Crippen LogP contribution in [0.5, 0.6) is 0 Å². The average Bonchev–Trinajstić information content (AvgIpc) is 2.56. The molecule has 2 nitrogen and oxygen atoms in total. The van der Waals surface area contributed by atoms with Crippen LogP contribution in [0, 0.1) is 0 Å². The molecule has 1 unspecified atom stereocenters. The summed E-state index contributed by atoms with van der Waals surface area (Å²) in [6, 6.07) is 9.65. The van der Waals surface area contributed by atoms with Gasteiger partial charge < -0.3 is 4.74 Å². The van der Waals surface area contributed by atoms with Crippen LogP contribution in [0.1, 0.15) is 18.4 Å². The molecule has 0 aromatic heterocycles. The number of Topliss-reactive ketones (excluding diaryl/α,β-unsaturated/α-hetero) is 1. The highest BCUT2D eigenvalue weighted by Gasteiger charge is 2.21. The molecule has 0 spiro atoms. The van der Waals surface area contributed by atoms with E-state index in [4.69, 9.17) is 4.74 Å². The quantitative estimate of drug-likeness (QED) is 0.216. The normalized spacial score (nSPS) is 13.1. The average molecular weight is 294 g/mol. The molecule has 114 valence electrons. The van der Waals surface area contributed by atoms with E-state index in [1.807, 2.05) is 37.3 Å². The summed E-state index contributed by atoms with van der Waals surface area (Å²) in [5, 5.41) is 0. The highest BCUT2D eigenvalue weighted by Crippen LogP contribution is 2.24. The van der Waals surface area contributed by atoms with Gasteiger partial charge in [0.05, 0.1) is 11.8 Å². The van der Waals surface area contributed by atoms with Gasteiger partial charge in [-0.1, -0.05) is 81.3 Å². The highest BCUT2D eigenvalue weighted by atomic mass is 16.5. The Kier molecular flexibility index (Phi) is 7.41. The van der Waals surface area contributed by atoms with E-state index in [1.165, 1.54) is 6.26 Å². The zero-order valence-electron chi connectivity index (χ0n) is 13.0. The predicted octanol–water partition coefficient (Wildman–Crippen LogP) is 4.74. The highest BCUT2D eigenvalue weighted by molar-refractivity contribution is 6.04. The monoisotopic (exact) mass is 294 g/mol. The van der Waals surface area contributed by atoms with Crippen molar-refractivity contribution in [3.63, 3.8) is 0 Å². The maximum atomic E-state index is 12.8. The number of carbonyl (C=O) groups excluding carboxylic acids is 1. The van der Waals surface area contributed by atoms with E-state index in [-0.39, 0.29) is 11.7 Å². The second-order valence-corrected chi connectivity index (χ2v) is 4.71. The Hall–Kier alpha value is -2.61. The first-order chi connectivity index (χ1) is 10.7. The number of rotatable bonds is 9. The molecule has 2 heteroatoms. The first-order valence-corrected chi connectivity index (χ1v) is 7.13. The number of ether oxygens (including phenoxy) is 1. The molecule has 0 aliphatic carbocycles. The Morgan fingerprint density at radius 1 is 1.23 bits per heavy atom. The third-order valence-corrected chi connectivity index (χ3v) is 3.20. The molecule has 1 aromatic carbocycles. The fraction of sp³-hybridized carbons (Fsp3) is 0.150. The zero-order chi connectivity index (χ0) is 16.4. The van der Waals surface area contributed by atoms with Crippen LogP contribution in [0.25, 0.3) is 0 Å². The molecule has 0 fully saturated rings. The number of hydrogen-bond acceptors (Lipinski definition) is 2. The van der Waals surface area contributed by atoms with Crippen LogP contribution in [-0.2, 0) is 9.53 Å². The maximum absolute atomic E-state index is 12.8. The van der Waals surface area contributed by atoms with Crippen molar-refractivity contribution in [1.29, 1.82) is 0 Å². The van der Waals surface area contributed by atoms with Crippen LogP contribution >= 0.6 is 0 Å². The molecule has 0 bridgehead atoms. The summed E-state index contributed by atoms with van der Waals surface area (Å²) in [4.78, 5) is 12.8. The maximum Gasteiger partial charge on any atom is 0.173 e. The van der Waals surface area contributed by atoms with Gasteiger partial charge >= 0.3 is 0 Å². The lowest BCUT2D eigenvalue weighted by Gasteiger charge is -2.14. The Morgan fingerprint density at radius 2 is 1.91 bits per heavy atom. The number of ketones is 1. The van der Waals surface area contributed by atoms with E-state index in [1.54, 1.807) is 24.3 Å². The molecular formula is C20H22O2. The van der Waals surface area contributed by atoms with E-state index in [9.17, 15) is 4.79 Å². The number of carbonyl (C=O) groups is 1. The first kappa shape index (κ1) is 17.4. The molecule has 1 atom stereocenters. The molecule has 22 heavy (non-hydrogen) atoms. The Bertz CT molecular complexity index is 591. The largest absolute Gasteiger partial charge is 0.496 e. The van der Waals surface area contributed by atoms with Crippen LogP contribution in [0.2, 0.25) is 0 Å². The van der Waals surface area contributed by atoms with Gasteiger partial charge in [-0.15, -0.1) is 0 Å². The minimum atomic E-state index is -0.270. The third-order valence-electron chi connectivity index (χ3n) is 3.20. The SMILES string of the molecule is C=C/C=C(C=C)/C(=C/OCC=C)C(=O)C(C)c1ccccc1. The Morgan fingerprint density at radius 3 is 2.45 bits per heavy atom. The standard InChI is InChI=1S/C20H22O2/c1-5-11-17(7-3)19(15-22-14-6-2)20(21)16(4)18-12-9-8-10-13-18/h5-13,15-16H,1-3,14H2,4H3/b17-11+,19-15-. The van der Waals surface area contributed by atoms with Crippen LogP contribution in [0.4, 0.5) is 0 Å². The molecule has 0 saturated carbocycles. The lowest BCUT2D eigenvalue weighted by molar-refractivity contribution is -0.116.